The van der Waals surface area contributed by atoms with Crippen molar-refractivity contribution in [2.24, 2.45) is 0 Å². The van der Waals surface area contributed by atoms with Crippen molar-refractivity contribution >= 4 is 11.6 Å². The number of ether oxygens (including phenoxy) is 5. The molecule has 0 radical (unpaired) electrons. The Morgan fingerprint density at radius 3 is 2.78 bits per heavy atom. The summed E-state index contributed by atoms with van der Waals surface area (Å²) in [6.45, 7) is 0.871. The zero-order valence-corrected chi connectivity index (χ0v) is 17.4. The summed E-state index contributed by atoms with van der Waals surface area (Å²) in [5.74, 6) is 0.698. The second-order valence-corrected chi connectivity index (χ2v) is 7.21. The van der Waals surface area contributed by atoms with Crippen LogP contribution in [-0.4, -0.2) is 55.6 Å². The van der Waals surface area contributed by atoms with Gasteiger partial charge in [0.05, 0.1) is 32.1 Å². The second kappa shape index (κ2) is 10.4. The average Bonchev–Trinajstić information content (AvgIpc) is 3.28. The van der Waals surface area contributed by atoms with Crippen LogP contribution in [0.4, 0.5) is 5.69 Å². The zero-order chi connectivity index (χ0) is 22.3. The molecule has 2 aromatic rings. The van der Waals surface area contributed by atoms with Gasteiger partial charge >= 0.3 is 0 Å². The minimum atomic E-state index is -0.682. The predicted octanol–water partition coefficient (Wildman–Crippen LogP) is 2.50. The van der Waals surface area contributed by atoms with Crippen LogP contribution in [0.15, 0.2) is 54.3 Å². The standard InChI is InChI=1S/C23H25NO8/c25-7-8-28-9-10-29-22-13-16(15-5-6-19-20(11-15)31-14-30-19)12-21(32-22)23(27)24-17-3-1-2-4-18(17)26/h1-6,11-12,16,22,25-26H,7-10,13-14H2,(H,24,27)/t16-,22+/m0/s1. The molecule has 2 heterocycles. The highest BCUT2D eigenvalue weighted by Gasteiger charge is 2.30. The first-order chi connectivity index (χ1) is 15.6. The Balaban J connectivity index is 1.51. The molecule has 0 saturated carbocycles. The van der Waals surface area contributed by atoms with Crippen molar-refractivity contribution in [3.05, 3.63) is 59.9 Å². The van der Waals surface area contributed by atoms with E-state index in [9.17, 15) is 9.90 Å². The molecule has 3 N–H and O–H groups in total. The molecule has 0 aliphatic carbocycles. The van der Waals surface area contributed by atoms with Gasteiger partial charge < -0.3 is 39.2 Å². The molecule has 1 amide bonds. The molecule has 0 saturated heterocycles. The minimum absolute atomic E-state index is 0.0431. The van der Waals surface area contributed by atoms with Crippen molar-refractivity contribution in [1.82, 2.24) is 0 Å². The Bertz CT molecular complexity index is 976. The number of amides is 1. The Morgan fingerprint density at radius 1 is 1.09 bits per heavy atom. The fourth-order valence-electron chi connectivity index (χ4n) is 3.46. The van der Waals surface area contributed by atoms with Crippen molar-refractivity contribution in [3.8, 4) is 17.2 Å². The summed E-state index contributed by atoms with van der Waals surface area (Å²) in [4.78, 5) is 12.9. The molecule has 170 valence electrons. The van der Waals surface area contributed by atoms with E-state index in [-0.39, 0.29) is 56.3 Å². The number of fused-ring (bicyclic) bond motifs is 1. The maximum Gasteiger partial charge on any atom is 0.290 e. The highest BCUT2D eigenvalue weighted by atomic mass is 16.7. The molecule has 2 aliphatic heterocycles. The topological polar surface area (TPSA) is 116 Å². The van der Waals surface area contributed by atoms with Gasteiger partial charge in [0.15, 0.2) is 17.3 Å². The van der Waals surface area contributed by atoms with Gasteiger partial charge in [-0.1, -0.05) is 18.2 Å². The number of aliphatic hydroxyl groups is 1. The highest BCUT2D eigenvalue weighted by molar-refractivity contribution is 6.03. The van der Waals surface area contributed by atoms with E-state index in [1.165, 1.54) is 6.07 Å². The van der Waals surface area contributed by atoms with Crippen molar-refractivity contribution < 1.29 is 38.7 Å². The third kappa shape index (κ3) is 5.31. The van der Waals surface area contributed by atoms with Crippen LogP contribution in [0.3, 0.4) is 0 Å². The summed E-state index contributed by atoms with van der Waals surface area (Å²) in [5.41, 5.74) is 1.21. The third-order valence-corrected chi connectivity index (χ3v) is 5.03. The van der Waals surface area contributed by atoms with E-state index in [4.69, 9.17) is 28.8 Å². The summed E-state index contributed by atoms with van der Waals surface area (Å²) in [7, 11) is 0. The van der Waals surface area contributed by atoms with Gasteiger partial charge in [-0.2, -0.15) is 0 Å². The van der Waals surface area contributed by atoms with Crippen LogP contribution < -0.4 is 14.8 Å². The number of rotatable bonds is 9. The van der Waals surface area contributed by atoms with E-state index in [2.05, 4.69) is 5.32 Å². The van der Waals surface area contributed by atoms with Crippen LogP contribution in [0.1, 0.15) is 17.9 Å². The van der Waals surface area contributed by atoms with E-state index in [1.807, 2.05) is 18.2 Å². The lowest BCUT2D eigenvalue weighted by Crippen LogP contribution is -2.30. The molecule has 2 atom stereocenters. The van der Waals surface area contributed by atoms with Gasteiger partial charge in [0, 0.05) is 12.3 Å². The molecular formula is C23H25NO8. The summed E-state index contributed by atoms with van der Waals surface area (Å²) >= 11 is 0. The predicted molar refractivity (Wildman–Crippen MR) is 113 cm³/mol. The maximum absolute atomic E-state index is 12.9. The van der Waals surface area contributed by atoms with Crippen molar-refractivity contribution in [3.63, 3.8) is 0 Å². The molecule has 9 nitrogen and oxygen atoms in total. The number of hydrogen-bond donors (Lipinski definition) is 3. The highest BCUT2D eigenvalue weighted by Crippen LogP contribution is 2.38. The van der Waals surface area contributed by atoms with Crippen LogP contribution in [0, 0.1) is 0 Å². The first kappa shape index (κ1) is 21.9. The van der Waals surface area contributed by atoms with Crippen LogP contribution in [0.2, 0.25) is 0 Å². The fraction of sp³-hybridized carbons (Fsp3) is 0.348. The van der Waals surface area contributed by atoms with Gasteiger partial charge in [-0.15, -0.1) is 0 Å². The van der Waals surface area contributed by atoms with Crippen LogP contribution in [0.25, 0.3) is 0 Å². The number of allylic oxidation sites excluding steroid dienone is 1. The first-order valence-electron chi connectivity index (χ1n) is 10.3. The largest absolute Gasteiger partial charge is 0.506 e. The van der Waals surface area contributed by atoms with E-state index in [1.54, 1.807) is 24.3 Å². The molecular weight excluding hydrogens is 418 g/mol. The maximum atomic E-state index is 12.9. The number of phenols is 1. The quantitative estimate of drug-likeness (QED) is 0.400. The monoisotopic (exact) mass is 443 g/mol. The van der Waals surface area contributed by atoms with Crippen LogP contribution in [0.5, 0.6) is 17.2 Å². The Labute approximate surface area is 185 Å². The molecule has 2 aromatic carbocycles. The second-order valence-electron chi connectivity index (χ2n) is 7.21. The molecule has 4 rings (SSSR count). The lowest BCUT2D eigenvalue weighted by Gasteiger charge is -2.29. The van der Waals surface area contributed by atoms with Gasteiger partial charge in [-0.05, 0) is 35.9 Å². The van der Waals surface area contributed by atoms with E-state index < -0.39 is 12.2 Å². The molecule has 9 heteroatoms. The van der Waals surface area contributed by atoms with Gasteiger partial charge in [0.2, 0.25) is 13.1 Å². The number of hydrogen-bond acceptors (Lipinski definition) is 8. The van der Waals surface area contributed by atoms with Crippen molar-refractivity contribution in [2.75, 3.05) is 38.5 Å². The number of aromatic hydroxyl groups is 1. The van der Waals surface area contributed by atoms with E-state index in [0.29, 0.717) is 17.9 Å². The fourth-order valence-corrected chi connectivity index (χ4v) is 3.46. The number of para-hydroxylation sites is 2. The molecule has 0 aromatic heterocycles. The van der Waals surface area contributed by atoms with E-state index in [0.717, 1.165) is 5.56 Å². The van der Waals surface area contributed by atoms with Crippen LogP contribution in [-0.2, 0) is 19.0 Å². The lowest BCUT2D eigenvalue weighted by atomic mass is 9.92. The summed E-state index contributed by atoms with van der Waals surface area (Å²) in [6.07, 6.45) is 1.53. The molecule has 0 fully saturated rings. The molecule has 0 bridgehead atoms. The lowest BCUT2D eigenvalue weighted by molar-refractivity contribution is -0.148. The number of anilines is 1. The van der Waals surface area contributed by atoms with Crippen molar-refractivity contribution in [1.29, 1.82) is 0 Å². The van der Waals surface area contributed by atoms with Gasteiger partial charge in [0.1, 0.15) is 5.75 Å². The third-order valence-electron chi connectivity index (χ3n) is 5.03. The van der Waals surface area contributed by atoms with Gasteiger partial charge in [-0.25, -0.2) is 0 Å². The number of benzene rings is 2. The normalized spacial score (nSPS) is 19.2. The van der Waals surface area contributed by atoms with Gasteiger partial charge in [0.25, 0.3) is 5.91 Å². The Kier molecular flexibility index (Phi) is 7.10. The number of aliphatic hydroxyl groups excluding tert-OH is 1. The Morgan fingerprint density at radius 2 is 1.94 bits per heavy atom. The van der Waals surface area contributed by atoms with Gasteiger partial charge in [-0.3, -0.25) is 4.79 Å². The van der Waals surface area contributed by atoms with Crippen LogP contribution >= 0.6 is 0 Å². The average molecular weight is 443 g/mol. The Hall–Kier alpha value is -3.27. The number of carbonyl (C=O) groups is 1. The molecule has 0 spiro atoms. The van der Waals surface area contributed by atoms with E-state index >= 15 is 0 Å². The summed E-state index contributed by atoms with van der Waals surface area (Å²) in [6, 6.07) is 12.1. The zero-order valence-electron chi connectivity index (χ0n) is 17.4. The smallest absolute Gasteiger partial charge is 0.290 e. The number of carbonyl (C=O) groups excluding carboxylic acids is 1. The minimum Gasteiger partial charge on any atom is -0.506 e. The molecule has 2 aliphatic rings. The molecule has 32 heavy (non-hydrogen) atoms. The van der Waals surface area contributed by atoms with Crippen molar-refractivity contribution in [2.45, 2.75) is 18.6 Å². The summed E-state index contributed by atoms with van der Waals surface area (Å²) in [5, 5.41) is 21.4. The summed E-state index contributed by atoms with van der Waals surface area (Å²) < 4.78 is 27.6. The SMILES string of the molecule is O=C(Nc1ccccc1O)C1=C[C@H](c2ccc3c(c2)OCO3)C[C@H](OCCOCCO)O1. The number of phenolic OH excluding ortho intramolecular Hbond substituents is 1. The first-order valence-corrected chi connectivity index (χ1v) is 10.3. The molecule has 0 unspecified atom stereocenters. The number of nitrogens with one attached hydrogen (secondary N) is 1.